The average Bonchev–Trinajstić information content (AvgIpc) is 3.17. The maximum Gasteiger partial charge on any atom is 0.405 e. The van der Waals surface area contributed by atoms with Crippen molar-refractivity contribution in [3.8, 4) is 28.0 Å². The van der Waals surface area contributed by atoms with Gasteiger partial charge in [-0.05, 0) is 53.1 Å². The van der Waals surface area contributed by atoms with Gasteiger partial charge in [-0.1, -0.05) is 23.4 Å². The van der Waals surface area contributed by atoms with Gasteiger partial charge in [0.05, 0.1) is 18.1 Å². The van der Waals surface area contributed by atoms with E-state index in [-0.39, 0.29) is 17.1 Å². The SMILES string of the molecule is COc1cc(-c2c(-c3ccc(N)cc3)ccc3onc(N)c23)ccc1C(=O)NCC(F)(F)F. The Balaban J connectivity index is 1.86. The second-order valence-electron chi connectivity index (χ2n) is 7.26. The Morgan fingerprint density at radius 1 is 1.06 bits per heavy atom. The number of nitrogen functional groups attached to an aromatic ring is 2. The number of anilines is 2. The number of halogens is 3. The molecule has 0 fully saturated rings. The maximum atomic E-state index is 12.5. The van der Waals surface area contributed by atoms with Gasteiger partial charge in [0.15, 0.2) is 11.4 Å². The zero-order valence-electron chi connectivity index (χ0n) is 17.4. The molecule has 10 heteroatoms. The van der Waals surface area contributed by atoms with Gasteiger partial charge >= 0.3 is 6.18 Å². The molecule has 0 aliphatic carbocycles. The van der Waals surface area contributed by atoms with Crippen LogP contribution in [0.3, 0.4) is 0 Å². The Morgan fingerprint density at radius 2 is 1.76 bits per heavy atom. The van der Waals surface area contributed by atoms with Gasteiger partial charge in [0, 0.05) is 11.3 Å². The van der Waals surface area contributed by atoms with Crippen molar-refractivity contribution in [1.82, 2.24) is 10.5 Å². The normalized spacial score (nSPS) is 11.5. The number of carbonyl (C=O) groups excluding carboxylic acids is 1. The first-order valence-electron chi connectivity index (χ1n) is 9.75. The highest BCUT2D eigenvalue weighted by atomic mass is 19.4. The van der Waals surface area contributed by atoms with Crippen molar-refractivity contribution in [3.63, 3.8) is 0 Å². The highest BCUT2D eigenvalue weighted by Gasteiger charge is 2.28. The number of carbonyl (C=O) groups is 1. The number of fused-ring (bicyclic) bond motifs is 1. The molecule has 0 saturated heterocycles. The summed E-state index contributed by atoms with van der Waals surface area (Å²) < 4.78 is 48.1. The summed E-state index contributed by atoms with van der Waals surface area (Å²) in [6.07, 6.45) is -4.53. The van der Waals surface area contributed by atoms with Crippen LogP contribution in [0.2, 0.25) is 0 Å². The first-order valence-corrected chi connectivity index (χ1v) is 9.75. The lowest BCUT2D eigenvalue weighted by Crippen LogP contribution is -2.33. The zero-order valence-corrected chi connectivity index (χ0v) is 17.4. The zero-order chi connectivity index (χ0) is 23.8. The number of methoxy groups -OCH3 is 1. The number of alkyl halides is 3. The predicted octanol–water partition coefficient (Wildman–Crippen LogP) is 4.63. The molecule has 170 valence electrons. The summed E-state index contributed by atoms with van der Waals surface area (Å²) >= 11 is 0. The molecule has 0 aliphatic rings. The third-order valence-electron chi connectivity index (χ3n) is 5.07. The molecule has 33 heavy (non-hydrogen) atoms. The van der Waals surface area contributed by atoms with Gasteiger partial charge in [0.2, 0.25) is 0 Å². The molecule has 1 amide bonds. The van der Waals surface area contributed by atoms with E-state index in [4.69, 9.17) is 20.7 Å². The minimum Gasteiger partial charge on any atom is -0.496 e. The van der Waals surface area contributed by atoms with Crippen LogP contribution in [-0.2, 0) is 0 Å². The first-order chi connectivity index (χ1) is 15.7. The van der Waals surface area contributed by atoms with Crippen LogP contribution >= 0.6 is 0 Å². The van der Waals surface area contributed by atoms with E-state index in [2.05, 4.69) is 5.16 Å². The van der Waals surface area contributed by atoms with Crippen LogP contribution < -0.4 is 21.5 Å². The molecule has 5 N–H and O–H groups in total. The van der Waals surface area contributed by atoms with Crippen molar-refractivity contribution in [2.45, 2.75) is 6.18 Å². The van der Waals surface area contributed by atoms with Gasteiger partial charge in [-0.2, -0.15) is 13.2 Å². The van der Waals surface area contributed by atoms with Gasteiger partial charge in [-0.15, -0.1) is 0 Å². The molecule has 0 unspecified atom stereocenters. The van der Waals surface area contributed by atoms with Crippen LogP contribution in [0.4, 0.5) is 24.7 Å². The molecule has 7 nitrogen and oxygen atoms in total. The van der Waals surface area contributed by atoms with Crippen molar-refractivity contribution >= 4 is 28.4 Å². The van der Waals surface area contributed by atoms with Gasteiger partial charge in [0.25, 0.3) is 5.91 Å². The van der Waals surface area contributed by atoms with Crippen LogP contribution in [-0.4, -0.2) is 30.9 Å². The number of aromatic nitrogens is 1. The van der Waals surface area contributed by atoms with Gasteiger partial charge < -0.3 is 26.0 Å². The maximum absolute atomic E-state index is 12.5. The monoisotopic (exact) mass is 456 g/mol. The number of nitrogens with one attached hydrogen (secondary N) is 1. The quantitative estimate of drug-likeness (QED) is 0.377. The highest BCUT2D eigenvalue weighted by Crippen LogP contribution is 2.42. The molecule has 0 atom stereocenters. The number of nitrogens with two attached hydrogens (primary N) is 2. The summed E-state index contributed by atoms with van der Waals surface area (Å²) in [4.78, 5) is 12.3. The van der Waals surface area contributed by atoms with Gasteiger partial charge in [-0.25, -0.2) is 0 Å². The van der Waals surface area contributed by atoms with E-state index in [1.807, 2.05) is 23.5 Å². The number of hydrogen-bond acceptors (Lipinski definition) is 6. The van der Waals surface area contributed by atoms with E-state index in [9.17, 15) is 18.0 Å². The summed E-state index contributed by atoms with van der Waals surface area (Å²) in [6.45, 7) is -1.45. The van der Waals surface area contributed by atoms with Crippen LogP contribution in [0.5, 0.6) is 5.75 Å². The minimum absolute atomic E-state index is 0.0370. The number of nitrogens with zero attached hydrogens (tertiary/aromatic N) is 1. The van der Waals surface area contributed by atoms with Crippen molar-refractivity contribution in [2.75, 3.05) is 25.1 Å². The standard InChI is InChI=1S/C23H19F3N4O3/c1-32-18-10-13(4-7-16(18)22(31)29-11-23(24,25)26)19-15(12-2-5-14(27)6-3-12)8-9-17-20(19)21(28)30-33-17/h2-10H,11,27H2,1H3,(H2,28,30)(H,29,31). The summed E-state index contributed by atoms with van der Waals surface area (Å²) in [5, 5.41) is 6.25. The lowest BCUT2D eigenvalue weighted by atomic mass is 9.91. The van der Waals surface area contributed by atoms with E-state index in [0.717, 1.165) is 11.1 Å². The topological polar surface area (TPSA) is 116 Å². The fourth-order valence-electron chi connectivity index (χ4n) is 3.57. The number of benzene rings is 3. The molecular formula is C23H19F3N4O3. The lowest BCUT2D eigenvalue weighted by molar-refractivity contribution is -0.123. The Labute approximate surface area is 186 Å². The van der Waals surface area contributed by atoms with E-state index in [1.54, 1.807) is 30.3 Å². The van der Waals surface area contributed by atoms with E-state index >= 15 is 0 Å². The van der Waals surface area contributed by atoms with Crippen LogP contribution in [0.25, 0.3) is 33.2 Å². The fraction of sp³-hybridized carbons (Fsp3) is 0.130. The van der Waals surface area contributed by atoms with Crippen molar-refractivity contribution in [1.29, 1.82) is 0 Å². The summed E-state index contributed by atoms with van der Waals surface area (Å²) in [5.74, 6) is -0.636. The van der Waals surface area contributed by atoms with E-state index in [0.29, 0.717) is 27.8 Å². The molecule has 0 aliphatic heterocycles. The summed E-state index contributed by atoms with van der Waals surface area (Å²) in [6, 6.07) is 15.4. The Morgan fingerprint density at radius 3 is 2.42 bits per heavy atom. The Hall–Kier alpha value is -4.21. The molecule has 1 aromatic heterocycles. The summed E-state index contributed by atoms with van der Waals surface area (Å²) in [5.41, 5.74) is 15.8. The molecule has 0 saturated carbocycles. The second kappa shape index (κ2) is 8.38. The van der Waals surface area contributed by atoms with Crippen LogP contribution in [0.15, 0.2) is 59.1 Å². The fourth-order valence-corrected chi connectivity index (χ4v) is 3.57. The van der Waals surface area contributed by atoms with Crippen molar-refractivity contribution in [2.24, 2.45) is 0 Å². The number of hydrogen-bond donors (Lipinski definition) is 3. The van der Waals surface area contributed by atoms with Gasteiger partial charge in [0.1, 0.15) is 12.3 Å². The van der Waals surface area contributed by atoms with Crippen molar-refractivity contribution < 1.29 is 27.2 Å². The lowest BCUT2D eigenvalue weighted by Gasteiger charge is -2.15. The average molecular weight is 456 g/mol. The van der Waals surface area contributed by atoms with E-state index in [1.165, 1.54) is 13.2 Å². The Bertz CT molecular complexity index is 1330. The third kappa shape index (κ3) is 4.40. The third-order valence-corrected chi connectivity index (χ3v) is 5.07. The first kappa shape index (κ1) is 22.0. The number of rotatable bonds is 5. The number of ether oxygens (including phenoxy) is 1. The second-order valence-corrected chi connectivity index (χ2v) is 7.26. The molecule has 0 spiro atoms. The van der Waals surface area contributed by atoms with Crippen molar-refractivity contribution in [3.05, 3.63) is 60.2 Å². The van der Waals surface area contributed by atoms with E-state index < -0.39 is 18.6 Å². The predicted molar refractivity (Wildman–Crippen MR) is 119 cm³/mol. The minimum atomic E-state index is -4.53. The molecule has 0 radical (unpaired) electrons. The van der Waals surface area contributed by atoms with Crippen LogP contribution in [0, 0.1) is 0 Å². The highest BCUT2D eigenvalue weighted by molar-refractivity contribution is 6.08. The largest absolute Gasteiger partial charge is 0.496 e. The van der Waals surface area contributed by atoms with Gasteiger partial charge in [-0.3, -0.25) is 4.79 Å². The molecule has 4 rings (SSSR count). The Kier molecular flexibility index (Phi) is 5.59. The molecule has 3 aromatic carbocycles. The molecule has 1 heterocycles. The molecular weight excluding hydrogens is 437 g/mol. The summed E-state index contributed by atoms with van der Waals surface area (Å²) in [7, 11) is 1.33. The molecule has 4 aromatic rings. The number of amides is 1. The smallest absolute Gasteiger partial charge is 0.405 e. The molecule has 0 bridgehead atoms. The van der Waals surface area contributed by atoms with Crippen LogP contribution in [0.1, 0.15) is 10.4 Å².